The van der Waals surface area contributed by atoms with Crippen LogP contribution in [0.25, 0.3) is 44.2 Å². The van der Waals surface area contributed by atoms with Crippen LogP contribution in [0.2, 0.25) is 0 Å². The first-order valence-corrected chi connectivity index (χ1v) is 22.5. The van der Waals surface area contributed by atoms with Gasteiger partial charge in [0.1, 0.15) is 0 Å². The second kappa shape index (κ2) is 11.6. The van der Waals surface area contributed by atoms with Gasteiger partial charge in [-0.15, -0.1) is 0 Å². The van der Waals surface area contributed by atoms with Crippen LogP contribution in [0.1, 0.15) is 80.0 Å². The third-order valence-corrected chi connectivity index (χ3v) is 17.3. The number of rotatable bonds is 4. The predicted octanol–water partition coefficient (Wildman–Crippen LogP) is 14.8. The monoisotopic (exact) mass is 747 g/mol. The molecule has 1 heteroatoms. The first-order valence-electron chi connectivity index (χ1n) is 22.5. The van der Waals surface area contributed by atoms with Crippen LogP contribution in [0.15, 0.2) is 152 Å². The lowest BCUT2D eigenvalue weighted by Crippen LogP contribution is -2.55. The Labute approximate surface area is 342 Å². The molecular formula is C57H49N. The van der Waals surface area contributed by atoms with Crippen molar-refractivity contribution in [2.45, 2.75) is 68.6 Å². The zero-order valence-electron chi connectivity index (χ0n) is 33.2. The summed E-state index contributed by atoms with van der Waals surface area (Å²) >= 11 is 0. The topological polar surface area (TPSA) is 3.24 Å². The molecule has 7 aromatic carbocycles. The van der Waals surface area contributed by atoms with Crippen molar-refractivity contribution in [2.24, 2.45) is 35.5 Å². The summed E-state index contributed by atoms with van der Waals surface area (Å²) in [5, 5.41) is 2.59. The van der Waals surface area contributed by atoms with Crippen LogP contribution < -0.4 is 4.90 Å². The minimum Gasteiger partial charge on any atom is -0.310 e. The van der Waals surface area contributed by atoms with Gasteiger partial charge in [0, 0.05) is 27.8 Å². The molecule has 7 aromatic rings. The molecule has 58 heavy (non-hydrogen) atoms. The largest absolute Gasteiger partial charge is 0.310 e. The summed E-state index contributed by atoms with van der Waals surface area (Å²) in [5.74, 6) is 5.00. The highest BCUT2D eigenvalue weighted by molar-refractivity contribution is 5.99. The lowest BCUT2D eigenvalue weighted by Gasteiger charge is -2.61. The van der Waals surface area contributed by atoms with Crippen molar-refractivity contribution < 1.29 is 0 Å². The summed E-state index contributed by atoms with van der Waals surface area (Å²) in [6.07, 6.45) is 12.6. The minimum atomic E-state index is 0.136. The Morgan fingerprint density at radius 3 is 1.86 bits per heavy atom. The van der Waals surface area contributed by atoms with Crippen molar-refractivity contribution in [3.05, 3.63) is 174 Å². The molecule has 15 rings (SSSR count). The summed E-state index contributed by atoms with van der Waals surface area (Å²) in [6.45, 7) is 0. The highest BCUT2D eigenvalue weighted by Crippen LogP contribution is 2.70. The van der Waals surface area contributed by atoms with Crippen LogP contribution in [0.3, 0.4) is 0 Å². The molecule has 2 spiro atoms. The molecule has 3 unspecified atom stereocenters. The summed E-state index contributed by atoms with van der Waals surface area (Å²) in [4.78, 5) is 2.64. The van der Waals surface area contributed by atoms with E-state index in [2.05, 4.69) is 157 Å². The van der Waals surface area contributed by atoms with Crippen molar-refractivity contribution in [3.8, 4) is 33.4 Å². The standard InChI is InChI=1S/C57H49N/c1-2-11-45-38(9-1)10-7-14-46(45)39-20-23-43(24-21-39)58(54-18-8-17-53-55(54)48-13-4-5-15-50(48)56(53)34-35-19-22-40(56)28-35)44-25-26-52-49(33-44)47-12-3-6-16-51(47)57(52)41-29-36-27-37(31-41)32-42(57)30-36/h1-18,20-21,23-26,33,35-37,40-42H,19,22,27-32,34H2. The minimum absolute atomic E-state index is 0.136. The number of benzene rings is 7. The normalized spacial score (nSPS) is 29.9. The van der Waals surface area contributed by atoms with Gasteiger partial charge in [-0.1, -0.05) is 128 Å². The Balaban J connectivity index is 0.983. The van der Waals surface area contributed by atoms with E-state index in [0.29, 0.717) is 0 Å². The Kier molecular flexibility index (Phi) is 6.52. The van der Waals surface area contributed by atoms with Crippen molar-refractivity contribution in [2.75, 3.05) is 4.90 Å². The van der Waals surface area contributed by atoms with Gasteiger partial charge in [-0.25, -0.2) is 0 Å². The fraction of sp³-hybridized carbons (Fsp3) is 0.298. The number of nitrogens with zero attached hydrogens (tertiary/aromatic N) is 1. The van der Waals surface area contributed by atoms with E-state index in [9.17, 15) is 0 Å². The molecular weight excluding hydrogens is 699 g/mol. The average Bonchev–Trinajstić information content (AvgIpc) is 4.03. The van der Waals surface area contributed by atoms with E-state index in [1.807, 2.05) is 0 Å². The molecule has 0 aliphatic heterocycles. The van der Waals surface area contributed by atoms with Crippen molar-refractivity contribution >= 4 is 27.8 Å². The quantitative estimate of drug-likeness (QED) is 0.173. The third-order valence-electron chi connectivity index (χ3n) is 17.3. The summed E-state index contributed by atoms with van der Waals surface area (Å²) in [7, 11) is 0. The number of fused-ring (bicyclic) bond motifs is 12. The van der Waals surface area contributed by atoms with Gasteiger partial charge in [0.15, 0.2) is 0 Å². The zero-order chi connectivity index (χ0) is 37.7. The molecule has 6 saturated carbocycles. The van der Waals surface area contributed by atoms with Gasteiger partial charge in [-0.05, 0) is 178 Å². The van der Waals surface area contributed by atoms with Gasteiger partial charge in [-0.2, -0.15) is 0 Å². The molecule has 6 fully saturated rings. The maximum atomic E-state index is 2.64. The highest BCUT2D eigenvalue weighted by Gasteiger charge is 2.62. The van der Waals surface area contributed by atoms with Crippen LogP contribution >= 0.6 is 0 Å². The van der Waals surface area contributed by atoms with Crippen molar-refractivity contribution in [1.82, 2.24) is 0 Å². The van der Waals surface area contributed by atoms with Crippen LogP contribution in [0.5, 0.6) is 0 Å². The van der Waals surface area contributed by atoms with Crippen LogP contribution in [0, 0.1) is 35.5 Å². The molecule has 0 N–H and O–H groups in total. The van der Waals surface area contributed by atoms with E-state index in [1.54, 1.807) is 22.3 Å². The Morgan fingerprint density at radius 1 is 0.431 bits per heavy atom. The van der Waals surface area contributed by atoms with Gasteiger partial charge in [-0.3, -0.25) is 0 Å². The first-order chi connectivity index (χ1) is 28.7. The maximum Gasteiger partial charge on any atom is 0.0543 e. The molecule has 0 heterocycles. The van der Waals surface area contributed by atoms with E-state index < -0.39 is 0 Å². The van der Waals surface area contributed by atoms with Gasteiger partial charge >= 0.3 is 0 Å². The second-order valence-corrected chi connectivity index (χ2v) is 19.7. The fourth-order valence-corrected chi connectivity index (χ4v) is 15.6. The molecule has 1 nitrogen and oxygen atoms in total. The van der Waals surface area contributed by atoms with E-state index in [1.165, 1.54) is 119 Å². The first kappa shape index (κ1) is 32.5. The molecule has 282 valence electrons. The predicted molar refractivity (Wildman–Crippen MR) is 239 cm³/mol. The van der Waals surface area contributed by atoms with E-state index in [-0.39, 0.29) is 10.8 Å². The number of hydrogen-bond donors (Lipinski definition) is 0. The van der Waals surface area contributed by atoms with E-state index in [0.717, 1.165) is 35.5 Å². The van der Waals surface area contributed by atoms with E-state index in [4.69, 9.17) is 0 Å². The molecule has 8 aliphatic carbocycles. The van der Waals surface area contributed by atoms with Gasteiger partial charge in [0.05, 0.1) is 5.69 Å². The number of anilines is 3. The summed E-state index contributed by atoms with van der Waals surface area (Å²) in [6, 6.07) is 59.2. The summed E-state index contributed by atoms with van der Waals surface area (Å²) < 4.78 is 0. The van der Waals surface area contributed by atoms with Crippen LogP contribution in [0.4, 0.5) is 17.1 Å². The Bertz CT molecular complexity index is 2810. The summed E-state index contributed by atoms with van der Waals surface area (Å²) in [5.41, 5.74) is 19.0. The zero-order valence-corrected chi connectivity index (χ0v) is 33.2. The van der Waals surface area contributed by atoms with Gasteiger partial charge in [0.25, 0.3) is 0 Å². The van der Waals surface area contributed by atoms with Crippen LogP contribution in [-0.4, -0.2) is 0 Å². The molecule has 0 aromatic heterocycles. The smallest absolute Gasteiger partial charge is 0.0543 e. The molecule has 6 bridgehead atoms. The Hall–Kier alpha value is -5.40. The molecule has 0 saturated heterocycles. The SMILES string of the molecule is c1ccc2c(c1)-c1c(N(c3ccc(-c4cccc5ccccc45)cc3)c3ccc4c(c3)-c3ccccc3C43C4CC5CC(C4)CC3C5)cccc1C21CC2CCC1C2. The lowest BCUT2D eigenvalue weighted by molar-refractivity contribution is -0.0399. The molecule has 3 atom stereocenters. The van der Waals surface area contributed by atoms with Crippen molar-refractivity contribution in [3.63, 3.8) is 0 Å². The lowest BCUT2D eigenvalue weighted by atomic mass is 9.43. The molecule has 0 amide bonds. The average molecular weight is 748 g/mol. The van der Waals surface area contributed by atoms with E-state index >= 15 is 0 Å². The van der Waals surface area contributed by atoms with Crippen LogP contribution in [-0.2, 0) is 10.8 Å². The highest BCUT2D eigenvalue weighted by atomic mass is 15.1. The molecule has 0 radical (unpaired) electrons. The number of hydrogen-bond acceptors (Lipinski definition) is 1. The Morgan fingerprint density at radius 2 is 1.07 bits per heavy atom. The molecule has 8 aliphatic rings. The fourth-order valence-electron chi connectivity index (χ4n) is 15.6. The van der Waals surface area contributed by atoms with Crippen molar-refractivity contribution in [1.29, 1.82) is 0 Å². The second-order valence-electron chi connectivity index (χ2n) is 19.7. The van der Waals surface area contributed by atoms with Gasteiger partial charge in [0.2, 0.25) is 0 Å². The van der Waals surface area contributed by atoms with Gasteiger partial charge < -0.3 is 4.90 Å². The maximum absolute atomic E-state index is 2.64. The third kappa shape index (κ3) is 4.08.